The number of carbonyl (C=O) groups excluding carboxylic acids is 1. The molecular weight excluding hydrogens is 269 g/mol. The number of aromatic nitrogens is 1. The molecule has 1 atom stereocenters. The monoisotopic (exact) mass is 285 g/mol. The number of likely N-dealkylation sites (tertiary alicyclic amines) is 1. The zero-order valence-corrected chi connectivity index (χ0v) is 11.6. The largest absolute Gasteiger partial charge is 0.379 e. The third kappa shape index (κ3) is 2.33. The number of pyridine rings is 1. The van der Waals surface area contributed by atoms with Crippen molar-refractivity contribution < 1.29 is 9.18 Å². The van der Waals surface area contributed by atoms with Crippen LogP contribution in [0.5, 0.6) is 0 Å². The number of fused-ring (bicyclic) bond motifs is 1. The summed E-state index contributed by atoms with van der Waals surface area (Å²) in [7, 11) is 0. The fourth-order valence-electron chi connectivity index (χ4n) is 3.03. The molecule has 1 aliphatic carbocycles. The summed E-state index contributed by atoms with van der Waals surface area (Å²) in [6.45, 7) is 0.758. The van der Waals surface area contributed by atoms with Gasteiger partial charge in [-0.25, -0.2) is 4.39 Å². The van der Waals surface area contributed by atoms with E-state index in [1.165, 1.54) is 12.1 Å². The number of hydrogen-bond donors (Lipinski definition) is 1. The molecule has 4 rings (SSSR count). The van der Waals surface area contributed by atoms with Crippen molar-refractivity contribution in [2.45, 2.75) is 31.3 Å². The van der Waals surface area contributed by atoms with E-state index in [1.807, 2.05) is 11.0 Å². The standard InChI is InChI=1S/C16H16FN3O/c17-10-1-4-13-14(5-6-18-15(13)7-10)19-11-8-16(21)20(9-11)12-2-3-12/h1,4-7,11-12H,2-3,8-9H2,(H,18,19). The molecule has 1 saturated carbocycles. The molecule has 2 heterocycles. The smallest absolute Gasteiger partial charge is 0.225 e. The van der Waals surface area contributed by atoms with Crippen molar-refractivity contribution in [1.29, 1.82) is 0 Å². The highest BCUT2D eigenvalue weighted by Gasteiger charge is 2.39. The average Bonchev–Trinajstić information content (AvgIpc) is 3.23. The van der Waals surface area contributed by atoms with E-state index in [4.69, 9.17) is 0 Å². The van der Waals surface area contributed by atoms with Crippen molar-refractivity contribution in [1.82, 2.24) is 9.88 Å². The minimum Gasteiger partial charge on any atom is -0.379 e. The van der Waals surface area contributed by atoms with Gasteiger partial charge in [-0.15, -0.1) is 0 Å². The molecule has 108 valence electrons. The minimum absolute atomic E-state index is 0.119. The van der Waals surface area contributed by atoms with Crippen LogP contribution in [0.2, 0.25) is 0 Å². The molecule has 1 aromatic heterocycles. The Labute approximate surface area is 122 Å². The summed E-state index contributed by atoms with van der Waals surface area (Å²) in [5.41, 5.74) is 1.54. The molecule has 21 heavy (non-hydrogen) atoms. The summed E-state index contributed by atoms with van der Waals surface area (Å²) in [5.74, 6) is -0.0532. The molecule has 0 spiro atoms. The van der Waals surface area contributed by atoms with Crippen LogP contribution in [0, 0.1) is 5.82 Å². The van der Waals surface area contributed by atoms with Gasteiger partial charge in [-0.1, -0.05) is 0 Å². The van der Waals surface area contributed by atoms with Crippen molar-refractivity contribution in [2.75, 3.05) is 11.9 Å². The number of nitrogens with zero attached hydrogens (tertiary/aromatic N) is 2. The van der Waals surface area contributed by atoms with Gasteiger partial charge in [-0.2, -0.15) is 0 Å². The molecule has 2 fully saturated rings. The van der Waals surface area contributed by atoms with E-state index >= 15 is 0 Å². The maximum Gasteiger partial charge on any atom is 0.225 e. The van der Waals surface area contributed by atoms with E-state index in [0.717, 1.165) is 30.5 Å². The fourth-order valence-corrected chi connectivity index (χ4v) is 3.03. The topological polar surface area (TPSA) is 45.2 Å². The summed E-state index contributed by atoms with van der Waals surface area (Å²) in [4.78, 5) is 18.2. The van der Waals surface area contributed by atoms with Gasteiger partial charge in [0.05, 0.1) is 11.6 Å². The number of nitrogens with one attached hydrogen (secondary N) is 1. The Morgan fingerprint density at radius 1 is 1.29 bits per heavy atom. The number of amides is 1. The molecule has 2 aromatic rings. The van der Waals surface area contributed by atoms with E-state index in [0.29, 0.717) is 18.0 Å². The maximum atomic E-state index is 13.3. The second-order valence-corrected chi connectivity index (χ2v) is 5.84. The van der Waals surface area contributed by atoms with Crippen molar-refractivity contribution in [3.8, 4) is 0 Å². The van der Waals surface area contributed by atoms with Crippen LogP contribution < -0.4 is 5.32 Å². The van der Waals surface area contributed by atoms with Gasteiger partial charge in [0.25, 0.3) is 0 Å². The summed E-state index contributed by atoms with van der Waals surface area (Å²) in [6, 6.07) is 7.06. The van der Waals surface area contributed by atoms with Crippen molar-refractivity contribution >= 4 is 22.5 Å². The summed E-state index contributed by atoms with van der Waals surface area (Å²) in [6.07, 6.45) is 4.47. The lowest BCUT2D eigenvalue weighted by Crippen LogP contribution is -2.29. The van der Waals surface area contributed by atoms with Gasteiger partial charge in [-0.05, 0) is 31.0 Å². The molecule has 0 bridgehead atoms. The SMILES string of the molecule is O=C1CC(Nc2ccnc3cc(F)ccc23)CN1C1CC1. The first-order valence-corrected chi connectivity index (χ1v) is 7.31. The highest BCUT2D eigenvalue weighted by Crippen LogP contribution is 2.32. The lowest BCUT2D eigenvalue weighted by molar-refractivity contribution is -0.128. The first kappa shape index (κ1) is 12.6. The Hall–Kier alpha value is -2.17. The molecule has 1 aromatic carbocycles. The molecule has 1 unspecified atom stereocenters. The minimum atomic E-state index is -0.289. The Bertz CT molecular complexity index is 714. The van der Waals surface area contributed by atoms with Crippen LogP contribution in [-0.2, 0) is 4.79 Å². The Morgan fingerprint density at radius 3 is 2.95 bits per heavy atom. The summed E-state index contributed by atoms with van der Waals surface area (Å²) in [5, 5.41) is 4.31. The van der Waals surface area contributed by atoms with E-state index < -0.39 is 0 Å². The second kappa shape index (κ2) is 4.69. The van der Waals surface area contributed by atoms with Crippen molar-refractivity contribution in [3.63, 3.8) is 0 Å². The van der Waals surface area contributed by atoms with E-state index in [-0.39, 0.29) is 17.8 Å². The van der Waals surface area contributed by atoms with Gasteiger partial charge in [0, 0.05) is 42.3 Å². The van der Waals surface area contributed by atoms with E-state index in [1.54, 1.807) is 12.3 Å². The van der Waals surface area contributed by atoms with Crippen LogP contribution in [0.3, 0.4) is 0 Å². The van der Waals surface area contributed by atoms with Gasteiger partial charge in [0.1, 0.15) is 5.82 Å². The van der Waals surface area contributed by atoms with Crippen LogP contribution in [-0.4, -0.2) is 34.4 Å². The predicted molar refractivity (Wildman–Crippen MR) is 78.5 cm³/mol. The first-order valence-electron chi connectivity index (χ1n) is 7.31. The Balaban J connectivity index is 1.58. The van der Waals surface area contributed by atoms with E-state index in [2.05, 4.69) is 10.3 Å². The third-order valence-corrected chi connectivity index (χ3v) is 4.21. The van der Waals surface area contributed by atoms with Crippen LogP contribution in [0.1, 0.15) is 19.3 Å². The lowest BCUT2D eigenvalue weighted by Gasteiger charge is -2.17. The highest BCUT2D eigenvalue weighted by atomic mass is 19.1. The van der Waals surface area contributed by atoms with Crippen LogP contribution >= 0.6 is 0 Å². The molecular formula is C16H16FN3O. The maximum absolute atomic E-state index is 13.3. The molecule has 4 nitrogen and oxygen atoms in total. The number of benzene rings is 1. The molecule has 1 N–H and O–H groups in total. The van der Waals surface area contributed by atoms with Crippen LogP contribution in [0.25, 0.3) is 10.9 Å². The average molecular weight is 285 g/mol. The summed E-state index contributed by atoms with van der Waals surface area (Å²) >= 11 is 0. The first-order chi connectivity index (χ1) is 10.2. The van der Waals surface area contributed by atoms with Crippen LogP contribution in [0.4, 0.5) is 10.1 Å². The predicted octanol–water partition coefficient (Wildman–Crippen LogP) is 2.55. The number of carbonyl (C=O) groups is 1. The molecule has 5 heteroatoms. The van der Waals surface area contributed by atoms with Gasteiger partial charge >= 0.3 is 0 Å². The Kier molecular flexibility index (Phi) is 2.80. The summed E-state index contributed by atoms with van der Waals surface area (Å²) < 4.78 is 13.3. The van der Waals surface area contributed by atoms with Crippen molar-refractivity contribution in [2.24, 2.45) is 0 Å². The lowest BCUT2D eigenvalue weighted by atomic mass is 10.1. The molecule has 0 radical (unpaired) electrons. The van der Waals surface area contributed by atoms with Crippen molar-refractivity contribution in [3.05, 3.63) is 36.3 Å². The van der Waals surface area contributed by atoms with Gasteiger partial charge in [0.15, 0.2) is 0 Å². The molecule has 1 amide bonds. The second-order valence-electron chi connectivity index (χ2n) is 5.84. The molecule has 2 aliphatic rings. The van der Waals surface area contributed by atoms with Gasteiger partial charge in [-0.3, -0.25) is 9.78 Å². The number of halogens is 1. The van der Waals surface area contributed by atoms with Gasteiger partial charge in [0.2, 0.25) is 5.91 Å². The number of hydrogen-bond acceptors (Lipinski definition) is 3. The molecule has 1 aliphatic heterocycles. The normalized spacial score (nSPS) is 22.0. The third-order valence-electron chi connectivity index (χ3n) is 4.21. The zero-order valence-electron chi connectivity index (χ0n) is 11.6. The van der Waals surface area contributed by atoms with Crippen LogP contribution in [0.15, 0.2) is 30.5 Å². The zero-order chi connectivity index (χ0) is 14.4. The number of anilines is 1. The molecule has 1 saturated heterocycles. The van der Waals surface area contributed by atoms with Gasteiger partial charge < -0.3 is 10.2 Å². The quantitative estimate of drug-likeness (QED) is 0.942. The fraction of sp³-hybridized carbons (Fsp3) is 0.375. The number of rotatable bonds is 3. The highest BCUT2D eigenvalue weighted by molar-refractivity contribution is 5.91. The Morgan fingerprint density at radius 2 is 2.14 bits per heavy atom. The van der Waals surface area contributed by atoms with E-state index in [9.17, 15) is 9.18 Å².